The fraction of sp³-hybridized carbons (Fsp3) is 0.594. The van der Waals surface area contributed by atoms with Crippen molar-refractivity contribution in [3.63, 3.8) is 0 Å². The number of para-hydroxylation sites is 1. The lowest BCUT2D eigenvalue weighted by atomic mass is 9.64. The molecule has 0 saturated carbocycles. The monoisotopic (exact) mass is 551 g/mol. The van der Waals surface area contributed by atoms with Crippen LogP contribution in [0.25, 0.3) is 0 Å². The number of carbonyl (C=O) groups excluding carboxylic acids is 3. The van der Waals surface area contributed by atoms with Crippen molar-refractivity contribution in [3.8, 4) is 0 Å². The van der Waals surface area contributed by atoms with Gasteiger partial charge in [0.2, 0.25) is 17.7 Å². The van der Waals surface area contributed by atoms with Gasteiger partial charge in [-0.25, -0.2) is 0 Å². The Morgan fingerprint density at radius 1 is 1.07 bits per heavy atom. The van der Waals surface area contributed by atoms with Gasteiger partial charge in [-0.1, -0.05) is 50.6 Å². The van der Waals surface area contributed by atoms with Crippen LogP contribution in [0.1, 0.15) is 58.8 Å². The topological polar surface area (TPSA) is 90.4 Å². The van der Waals surface area contributed by atoms with Crippen LogP contribution in [-0.2, 0) is 19.1 Å². The Hall–Kier alpha value is -2.97. The van der Waals surface area contributed by atoms with E-state index in [1.807, 2.05) is 37.3 Å². The molecule has 4 rings (SSSR count). The standard InChI is InChI=1S/C32H45N3O5/c1-5-9-21-33(19-6-2)30(39)27-32-18-17-31(8-4,40-32)25(26(32)29(38)35(27)22-13-14-23-36)28(37)34(20-7-3)24-15-11-10-12-16-24/h6-7,10-12,15-16,25-27,36H,2-3,5,8-9,13-14,17-23H2,1,4H3/t25-,26+,27?,31+,32?/m1/s1. The second-order valence-corrected chi connectivity index (χ2v) is 11.3. The maximum absolute atomic E-state index is 14.5. The van der Waals surface area contributed by atoms with E-state index in [4.69, 9.17) is 4.74 Å². The molecule has 0 radical (unpaired) electrons. The minimum Gasteiger partial charge on any atom is -0.396 e. The van der Waals surface area contributed by atoms with E-state index >= 15 is 0 Å². The van der Waals surface area contributed by atoms with Gasteiger partial charge in [0.15, 0.2) is 0 Å². The molecule has 3 amide bonds. The largest absolute Gasteiger partial charge is 0.396 e. The summed E-state index contributed by atoms with van der Waals surface area (Å²) in [5.41, 5.74) is -1.13. The zero-order valence-corrected chi connectivity index (χ0v) is 24.1. The Morgan fingerprint density at radius 2 is 1.80 bits per heavy atom. The van der Waals surface area contributed by atoms with E-state index in [2.05, 4.69) is 20.1 Å². The molecule has 1 aromatic rings. The van der Waals surface area contributed by atoms with Crippen LogP contribution in [0.5, 0.6) is 0 Å². The Bertz CT molecular complexity index is 1090. The third kappa shape index (κ3) is 5.00. The molecular weight excluding hydrogens is 506 g/mol. The van der Waals surface area contributed by atoms with Crippen LogP contribution >= 0.6 is 0 Å². The number of ether oxygens (including phenoxy) is 1. The number of hydrogen-bond donors (Lipinski definition) is 1. The molecule has 1 N–H and O–H groups in total. The Labute approximate surface area is 238 Å². The predicted molar refractivity (Wildman–Crippen MR) is 156 cm³/mol. The first kappa shape index (κ1) is 30.0. The SMILES string of the molecule is C=CCN(CCCC)C(=O)C1N(CCCCO)C(=O)[C@@H]2[C@H](C(=O)N(CC=C)c3ccccc3)[C@]3(CC)CCC12O3. The van der Waals surface area contributed by atoms with Crippen molar-refractivity contribution in [1.29, 1.82) is 0 Å². The van der Waals surface area contributed by atoms with Crippen LogP contribution in [0.2, 0.25) is 0 Å². The number of anilines is 1. The normalized spacial score (nSPS) is 28.4. The number of unbranched alkanes of at least 4 members (excludes halogenated alkanes) is 2. The van der Waals surface area contributed by atoms with Crippen molar-refractivity contribution in [2.24, 2.45) is 11.8 Å². The number of hydrogen-bond acceptors (Lipinski definition) is 5. The van der Waals surface area contributed by atoms with E-state index in [0.717, 1.165) is 18.5 Å². The fourth-order valence-corrected chi connectivity index (χ4v) is 7.20. The molecule has 1 spiro atoms. The van der Waals surface area contributed by atoms with Crippen molar-refractivity contribution >= 4 is 23.4 Å². The number of aliphatic hydroxyl groups is 1. The summed E-state index contributed by atoms with van der Waals surface area (Å²) in [7, 11) is 0. The molecule has 0 aromatic heterocycles. The molecular formula is C32H45N3O5. The summed E-state index contributed by atoms with van der Waals surface area (Å²) < 4.78 is 6.93. The van der Waals surface area contributed by atoms with Crippen molar-refractivity contribution in [2.75, 3.05) is 37.7 Å². The maximum atomic E-state index is 14.5. The van der Waals surface area contributed by atoms with Gasteiger partial charge in [-0.05, 0) is 50.7 Å². The molecule has 0 aliphatic carbocycles. The van der Waals surface area contributed by atoms with Gasteiger partial charge in [0.05, 0.1) is 17.4 Å². The lowest BCUT2D eigenvalue weighted by Gasteiger charge is -2.37. The van der Waals surface area contributed by atoms with E-state index < -0.39 is 29.1 Å². The average molecular weight is 552 g/mol. The molecule has 40 heavy (non-hydrogen) atoms. The maximum Gasteiger partial charge on any atom is 0.248 e. The van der Waals surface area contributed by atoms with E-state index in [0.29, 0.717) is 58.3 Å². The van der Waals surface area contributed by atoms with Gasteiger partial charge in [-0.2, -0.15) is 0 Å². The number of likely N-dealkylation sites (tertiary alicyclic amines) is 1. The summed E-state index contributed by atoms with van der Waals surface area (Å²) >= 11 is 0. The van der Waals surface area contributed by atoms with Gasteiger partial charge in [-0.3, -0.25) is 14.4 Å². The molecule has 8 heteroatoms. The molecule has 5 atom stereocenters. The minimum atomic E-state index is -1.06. The summed E-state index contributed by atoms with van der Waals surface area (Å²) in [6, 6.07) is 8.63. The highest BCUT2D eigenvalue weighted by atomic mass is 16.5. The summed E-state index contributed by atoms with van der Waals surface area (Å²) in [5.74, 6) is -1.94. The summed E-state index contributed by atoms with van der Waals surface area (Å²) in [6.45, 7) is 13.4. The van der Waals surface area contributed by atoms with Gasteiger partial charge in [-0.15, -0.1) is 13.2 Å². The lowest BCUT2D eigenvalue weighted by molar-refractivity contribution is -0.152. The van der Waals surface area contributed by atoms with Gasteiger partial charge >= 0.3 is 0 Å². The molecule has 218 valence electrons. The van der Waals surface area contributed by atoms with Crippen LogP contribution in [0, 0.1) is 11.8 Å². The van der Waals surface area contributed by atoms with Crippen LogP contribution < -0.4 is 4.90 Å². The summed E-state index contributed by atoms with van der Waals surface area (Å²) in [6.07, 6.45) is 8.02. The van der Waals surface area contributed by atoms with E-state index in [9.17, 15) is 19.5 Å². The highest BCUT2D eigenvalue weighted by Crippen LogP contribution is 2.64. The van der Waals surface area contributed by atoms with E-state index in [1.54, 1.807) is 26.9 Å². The number of fused-ring (bicyclic) bond motifs is 1. The minimum absolute atomic E-state index is 0.0124. The van der Waals surface area contributed by atoms with Crippen molar-refractivity contribution in [3.05, 3.63) is 55.6 Å². The van der Waals surface area contributed by atoms with Gasteiger partial charge in [0.25, 0.3) is 0 Å². The Morgan fingerprint density at radius 3 is 2.42 bits per heavy atom. The number of amides is 3. The number of nitrogens with zero attached hydrogens (tertiary/aromatic N) is 3. The second kappa shape index (κ2) is 12.7. The molecule has 1 aromatic carbocycles. The summed E-state index contributed by atoms with van der Waals surface area (Å²) in [5, 5.41) is 9.43. The van der Waals surface area contributed by atoms with Crippen LogP contribution in [0.15, 0.2) is 55.6 Å². The number of carbonyl (C=O) groups is 3. The zero-order chi connectivity index (χ0) is 28.9. The molecule has 2 unspecified atom stereocenters. The Balaban J connectivity index is 1.79. The van der Waals surface area contributed by atoms with Gasteiger partial charge in [0, 0.05) is 38.5 Å². The smallest absolute Gasteiger partial charge is 0.248 e. The second-order valence-electron chi connectivity index (χ2n) is 11.3. The zero-order valence-electron chi connectivity index (χ0n) is 24.1. The highest BCUT2D eigenvalue weighted by Gasteiger charge is 2.79. The first-order chi connectivity index (χ1) is 19.4. The summed E-state index contributed by atoms with van der Waals surface area (Å²) in [4.78, 5) is 48.3. The number of rotatable bonds is 15. The lowest BCUT2D eigenvalue weighted by Crippen LogP contribution is -2.56. The van der Waals surface area contributed by atoms with Crippen molar-refractivity contribution in [2.45, 2.75) is 76.0 Å². The quantitative estimate of drug-likeness (QED) is 0.263. The molecule has 8 nitrogen and oxygen atoms in total. The van der Waals surface area contributed by atoms with Crippen LogP contribution in [-0.4, -0.2) is 82.7 Å². The van der Waals surface area contributed by atoms with E-state index in [1.165, 1.54) is 0 Å². The molecule has 3 saturated heterocycles. The third-order valence-corrected chi connectivity index (χ3v) is 9.08. The van der Waals surface area contributed by atoms with Crippen LogP contribution in [0.4, 0.5) is 5.69 Å². The first-order valence-corrected chi connectivity index (χ1v) is 14.8. The van der Waals surface area contributed by atoms with Gasteiger partial charge < -0.3 is 24.5 Å². The van der Waals surface area contributed by atoms with E-state index in [-0.39, 0.29) is 24.3 Å². The van der Waals surface area contributed by atoms with Gasteiger partial charge in [0.1, 0.15) is 11.6 Å². The third-order valence-electron chi connectivity index (χ3n) is 9.08. The molecule has 3 heterocycles. The van der Waals surface area contributed by atoms with Crippen LogP contribution in [0.3, 0.4) is 0 Å². The highest BCUT2D eigenvalue weighted by molar-refractivity contribution is 6.03. The first-order valence-electron chi connectivity index (χ1n) is 14.8. The Kier molecular flexibility index (Phi) is 9.52. The van der Waals surface area contributed by atoms with Crippen molar-refractivity contribution in [1.82, 2.24) is 9.80 Å². The predicted octanol–water partition coefficient (Wildman–Crippen LogP) is 3.95. The molecule has 3 fully saturated rings. The number of aliphatic hydroxyl groups excluding tert-OH is 1. The molecule has 3 aliphatic rings. The average Bonchev–Trinajstić information content (AvgIpc) is 3.57. The van der Waals surface area contributed by atoms with Crippen molar-refractivity contribution < 1.29 is 24.2 Å². The molecule has 2 bridgehead atoms. The number of benzene rings is 1. The fourth-order valence-electron chi connectivity index (χ4n) is 7.20. The molecule has 3 aliphatic heterocycles.